The Morgan fingerprint density at radius 2 is 1.78 bits per heavy atom. The van der Waals surface area contributed by atoms with Gasteiger partial charge in [0.15, 0.2) is 11.0 Å². The van der Waals surface area contributed by atoms with Gasteiger partial charge in [-0.15, -0.1) is 10.2 Å². The van der Waals surface area contributed by atoms with Gasteiger partial charge < -0.3 is 4.90 Å². The highest BCUT2D eigenvalue weighted by molar-refractivity contribution is 8.00. The van der Waals surface area contributed by atoms with Gasteiger partial charge in [0, 0.05) is 29.9 Å². The predicted molar refractivity (Wildman–Crippen MR) is 108 cm³/mol. The van der Waals surface area contributed by atoms with E-state index < -0.39 is 0 Å². The minimum Gasteiger partial charge on any atom is -0.345 e. The molecule has 1 aliphatic rings. The number of carbonyl (C=O) groups excluding carboxylic acids is 1. The van der Waals surface area contributed by atoms with Crippen LogP contribution in [-0.4, -0.2) is 44.4 Å². The van der Waals surface area contributed by atoms with Crippen molar-refractivity contribution in [3.63, 3.8) is 0 Å². The molecule has 0 spiro atoms. The molecule has 7 heteroatoms. The van der Waals surface area contributed by atoms with Crippen LogP contribution in [0.2, 0.25) is 5.02 Å². The third-order valence-electron chi connectivity index (χ3n) is 4.65. The predicted octanol–water partition coefficient (Wildman–Crippen LogP) is 4.22. The highest BCUT2D eigenvalue weighted by Crippen LogP contribution is 2.34. The maximum Gasteiger partial charge on any atom is 0.235 e. The second-order valence-corrected chi connectivity index (χ2v) is 8.25. The van der Waals surface area contributed by atoms with Gasteiger partial charge in [0.2, 0.25) is 5.91 Å². The molecule has 4 rings (SSSR count). The highest BCUT2D eigenvalue weighted by Gasteiger charge is 2.32. The Hall–Kier alpha value is -2.31. The molecule has 1 amide bonds. The maximum absolute atomic E-state index is 12.3. The standard InChI is InChI=1S/C20H19ClN4OS/c1-13-3-9-16(10-4-13)25-18(14-5-7-15(21)8-6-14)22-23-20(25)27-17-11-12-24(2)19(17)26/h3-10,17H,11-12H2,1-2H3. The first-order valence-corrected chi connectivity index (χ1v) is 9.99. The van der Waals surface area contributed by atoms with Crippen molar-refractivity contribution in [1.29, 1.82) is 0 Å². The maximum atomic E-state index is 12.3. The molecular weight excluding hydrogens is 380 g/mol. The lowest BCUT2D eigenvalue weighted by Crippen LogP contribution is -2.24. The van der Waals surface area contributed by atoms with E-state index in [0.717, 1.165) is 35.2 Å². The molecule has 1 atom stereocenters. The molecule has 27 heavy (non-hydrogen) atoms. The van der Waals surface area contributed by atoms with E-state index in [2.05, 4.69) is 29.3 Å². The Bertz CT molecular complexity index is 969. The summed E-state index contributed by atoms with van der Waals surface area (Å²) in [5.74, 6) is 0.878. The van der Waals surface area contributed by atoms with E-state index in [0.29, 0.717) is 5.02 Å². The second-order valence-electron chi connectivity index (χ2n) is 6.64. The van der Waals surface area contributed by atoms with Crippen LogP contribution < -0.4 is 0 Å². The van der Waals surface area contributed by atoms with Crippen LogP contribution in [0.4, 0.5) is 0 Å². The summed E-state index contributed by atoms with van der Waals surface area (Å²) in [5.41, 5.74) is 3.08. The number of nitrogens with zero attached hydrogens (tertiary/aromatic N) is 4. The molecule has 1 fully saturated rings. The highest BCUT2D eigenvalue weighted by atomic mass is 35.5. The van der Waals surface area contributed by atoms with E-state index >= 15 is 0 Å². The van der Waals surface area contributed by atoms with Crippen molar-refractivity contribution in [2.24, 2.45) is 0 Å². The number of hydrogen-bond donors (Lipinski definition) is 0. The van der Waals surface area contributed by atoms with E-state index in [1.165, 1.54) is 17.3 Å². The average Bonchev–Trinajstić information content (AvgIpc) is 3.22. The van der Waals surface area contributed by atoms with E-state index in [4.69, 9.17) is 11.6 Å². The molecule has 0 radical (unpaired) electrons. The Morgan fingerprint density at radius 3 is 2.41 bits per heavy atom. The first-order valence-electron chi connectivity index (χ1n) is 8.73. The summed E-state index contributed by atoms with van der Waals surface area (Å²) in [6.45, 7) is 2.83. The smallest absolute Gasteiger partial charge is 0.235 e. The number of amides is 1. The molecule has 1 saturated heterocycles. The van der Waals surface area contributed by atoms with Crippen LogP contribution in [0.3, 0.4) is 0 Å². The zero-order valence-corrected chi connectivity index (χ0v) is 16.7. The summed E-state index contributed by atoms with van der Waals surface area (Å²) in [6, 6.07) is 15.8. The monoisotopic (exact) mass is 398 g/mol. The van der Waals surface area contributed by atoms with Crippen molar-refractivity contribution >= 4 is 29.3 Å². The molecule has 3 aromatic rings. The average molecular weight is 399 g/mol. The lowest BCUT2D eigenvalue weighted by molar-refractivity contribution is -0.126. The lowest BCUT2D eigenvalue weighted by atomic mass is 10.2. The van der Waals surface area contributed by atoms with Crippen LogP contribution in [0.15, 0.2) is 53.7 Å². The van der Waals surface area contributed by atoms with E-state index in [-0.39, 0.29) is 11.2 Å². The summed E-state index contributed by atoms with van der Waals surface area (Å²) >= 11 is 7.51. The first-order chi connectivity index (χ1) is 13.0. The third kappa shape index (κ3) is 3.59. The minimum atomic E-state index is -0.124. The number of carbonyl (C=O) groups is 1. The van der Waals surface area contributed by atoms with Gasteiger partial charge in [-0.05, 0) is 49.7 Å². The summed E-state index contributed by atoms with van der Waals surface area (Å²) < 4.78 is 2.01. The van der Waals surface area contributed by atoms with Gasteiger partial charge in [-0.25, -0.2) is 0 Å². The second kappa shape index (κ2) is 7.37. The summed E-state index contributed by atoms with van der Waals surface area (Å²) in [5, 5.41) is 10.1. The van der Waals surface area contributed by atoms with Crippen molar-refractivity contribution in [2.45, 2.75) is 23.8 Å². The fourth-order valence-corrected chi connectivity index (χ4v) is 4.36. The minimum absolute atomic E-state index is 0.124. The SMILES string of the molecule is Cc1ccc(-n2c(SC3CCN(C)C3=O)nnc2-c2ccc(Cl)cc2)cc1. The van der Waals surface area contributed by atoms with Gasteiger partial charge in [0.1, 0.15) is 0 Å². The summed E-state index contributed by atoms with van der Waals surface area (Å²) in [4.78, 5) is 14.1. The molecule has 0 saturated carbocycles. The molecule has 5 nitrogen and oxygen atoms in total. The van der Waals surface area contributed by atoms with Gasteiger partial charge in [-0.2, -0.15) is 0 Å². The fourth-order valence-electron chi connectivity index (χ4n) is 3.09. The lowest BCUT2D eigenvalue weighted by Gasteiger charge is -2.13. The molecule has 0 N–H and O–H groups in total. The van der Waals surface area contributed by atoms with Crippen LogP contribution >= 0.6 is 23.4 Å². The summed E-state index contributed by atoms with van der Waals surface area (Å²) in [6.07, 6.45) is 0.817. The normalized spacial score (nSPS) is 16.9. The number of rotatable bonds is 4. The van der Waals surface area contributed by atoms with Crippen LogP contribution in [0.1, 0.15) is 12.0 Å². The Kier molecular flexibility index (Phi) is 4.93. The third-order valence-corrected chi connectivity index (χ3v) is 6.10. The molecule has 0 bridgehead atoms. The molecule has 1 unspecified atom stereocenters. The van der Waals surface area contributed by atoms with Crippen LogP contribution in [-0.2, 0) is 4.79 Å². The number of likely N-dealkylation sites (tertiary alicyclic amines) is 1. The van der Waals surface area contributed by atoms with Gasteiger partial charge in [0.25, 0.3) is 0 Å². The Morgan fingerprint density at radius 1 is 1.07 bits per heavy atom. The van der Waals surface area contributed by atoms with Crippen molar-refractivity contribution in [1.82, 2.24) is 19.7 Å². The number of benzene rings is 2. The molecule has 1 aromatic heterocycles. The molecule has 138 valence electrons. The van der Waals surface area contributed by atoms with Crippen LogP contribution in [0.5, 0.6) is 0 Å². The van der Waals surface area contributed by atoms with Crippen molar-refractivity contribution in [3.8, 4) is 17.1 Å². The molecular formula is C20H19ClN4OS. The number of hydrogen-bond acceptors (Lipinski definition) is 4. The van der Waals surface area contributed by atoms with Gasteiger partial charge in [0.05, 0.1) is 5.25 Å². The van der Waals surface area contributed by atoms with E-state index in [1.807, 2.05) is 48.0 Å². The van der Waals surface area contributed by atoms with Gasteiger partial charge in [-0.3, -0.25) is 9.36 Å². The van der Waals surface area contributed by atoms with E-state index in [1.54, 1.807) is 4.90 Å². The van der Waals surface area contributed by atoms with Crippen molar-refractivity contribution < 1.29 is 4.79 Å². The molecule has 2 aromatic carbocycles. The van der Waals surface area contributed by atoms with E-state index in [9.17, 15) is 4.79 Å². The number of aromatic nitrogens is 3. The number of aryl methyl sites for hydroxylation is 1. The van der Waals surface area contributed by atoms with Crippen molar-refractivity contribution in [3.05, 3.63) is 59.1 Å². The summed E-state index contributed by atoms with van der Waals surface area (Å²) in [7, 11) is 1.84. The largest absolute Gasteiger partial charge is 0.345 e. The molecule has 0 aliphatic carbocycles. The van der Waals surface area contributed by atoms with Gasteiger partial charge >= 0.3 is 0 Å². The number of thioether (sulfide) groups is 1. The quantitative estimate of drug-likeness (QED) is 0.660. The topological polar surface area (TPSA) is 51.0 Å². The Labute approximate surface area is 167 Å². The Balaban J connectivity index is 1.78. The molecule has 1 aliphatic heterocycles. The fraction of sp³-hybridized carbons (Fsp3) is 0.250. The van der Waals surface area contributed by atoms with Crippen molar-refractivity contribution in [2.75, 3.05) is 13.6 Å². The zero-order valence-electron chi connectivity index (χ0n) is 15.1. The van der Waals surface area contributed by atoms with Crippen LogP contribution in [0.25, 0.3) is 17.1 Å². The zero-order chi connectivity index (χ0) is 19.0. The number of halogens is 1. The first kappa shape index (κ1) is 18.1. The molecule has 2 heterocycles. The van der Waals surface area contributed by atoms with Gasteiger partial charge in [-0.1, -0.05) is 41.1 Å². The van der Waals surface area contributed by atoms with Crippen LogP contribution in [0, 0.1) is 6.92 Å².